The number of nitrogens with zero attached hydrogens (tertiary/aromatic N) is 3. The molecule has 0 bridgehead atoms. The first-order chi connectivity index (χ1) is 20.7. The van der Waals surface area contributed by atoms with E-state index >= 15 is 0 Å². The SMILES string of the molecule is O=C(CCOC(=O)N(c1ccccc1-c1ccccc1)N1CC[CH]CC1)Nc1ccc(CNCc2ccncc2)cc1. The maximum atomic E-state index is 13.5. The summed E-state index contributed by atoms with van der Waals surface area (Å²) >= 11 is 0. The summed E-state index contributed by atoms with van der Waals surface area (Å²) in [7, 11) is 0. The van der Waals surface area contributed by atoms with Crippen molar-refractivity contribution < 1.29 is 14.3 Å². The van der Waals surface area contributed by atoms with Gasteiger partial charge in [0.15, 0.2) is 0 Å². The molecule has 8 heteroatoms. The summed E-state index contributed by atoms with van der Waals surface area (Å²) in [4.78, 5) is 30.2. The van der Waals surface area contributed by atoms with Crippen LogP contribution in [0.4, 0.5) is 16.2 Å². The molecular weight excluding hydrogens is 526 g/mol. The third-order valence-corrected chi connectivity index (χ3v) is 7.06. The van der Waals surface area contributed by atoms with Crippen LogP contribution < -0.4 is 15.6 Å². The molecule has 8 nitrogen and oxygen atoms in total. The van der Waals surface area contributed by atoms with Gasteiger partial charge in [0.05, 0.1) is 12.1 Å². The van der Waals surface area contributed by atoms with Gasteiger partial charge in [0.1, 0.15) is 6.61 Å². The van der Waals surface area contributed by atoms with E-state index in [-0.39, 0.29) is 18.9 Å². The number of carbonyl (C=O) groups is 2. The molecule has 1 aromatic heterocycles. The summed E-state index contributed by atoms with van der Waals surface area (Å²) in [6.45, 7) is 2.88. The van der Waals surface area contributed by atoms with E-state index < -0.39 is 6.09 Å². The Hall–Kier alpha value is -4.53. The van der Waals surface area contributed by atoms with E-state index in [0.29, 0.717) is 25.3 Å². The Morgan fingerprint density at radius 3 is 2.21 bits per heavy atom. The van der Waals surface area contributed by atoms with Crippen LogP contribution in [0, 0.1) is 6.42 Å². The summed E-state index contributed by atoms with van der Waals surface area (Å²) in [6, 6.07) is 29.5. The minimum absolute atomic E-state index is 0.0222. The molecule has 215 valence electrons. The zero-order valence-corrected chi connectivity index (χ0v) is 23.6. The maximum absolute atomic E-state index is 13.5. The lowest BCUT2D eigenvalue weighted by molar-refractivity contribution is -0.116. The Bertz CT molecular complexity index is 1420. The van der Waals surface area contributed by atoms with Gasteiger partial charge in [0, 0.05) is 49.8 Å². The number of carbonyl (C=O) groups excluding carboxylic acids is 2. The van der Waals surface area contributed by atoms with Crippen LogP contribution in [0.5, 0.6) is 0 Å². The number of benzene rings is 3. The predicted octanol–water partition coefficient (Wildman–Crippen LogP) is 6.23. The van der Waals surface area contributed by atoms with Crippen molar-refractivity contribution in [3.05, 3.63) is 121 Å². The Balaban J connectivity index is 1.15. The van der Waals surface area contributed by atoms with Crippen molar-refractivity contribution in [1.82, 2.24) is 15.3 Å². The number of anilines is 2. The molecule has 3 aromatic carbocycles. The molecule has 1 radical (unpaired) electrons. The fourth-order valence-corrected chi connectivity index (χ4v) is 4.90. The number of amides is 2. The zero-order chi connectivity index (χ0) is 29.0. The molecule has 0 atom stereocenters. The number of piperidine rings is 1. The van der Waals surface area contributed by atoms with E-state index in [9.17, 15) is 9.59 Å². The molecule has 2 amide bonds. The Labute approximate surface area is 247 Å². The molecule has 42 heavy (non-hydrogen) atoms. The first-order valence-electron chi connectivity index (χ1n) is 14.3. The van der Waals surface area contributed by atoms with E-state index in [1.165, 1.54) is 5.56 Å². The van der Waals surface area contributed by atoms with Gasteiger partial charge < -0.3 is 15.4 Å². The standard InChI is InChI=1S/C34H36N5O3/c40-33(37-30-15-13-27(14-16-30)25-36-26-28-17-20-35-21-18-28)19-24-42-34(41)39(38-22-7-2-8-23-38)32-12-6-5-11-31(32)29-9-3-1-4-10-29/h1-6,9-18,20-21,36H,7-8,19,22-26H2,(H,37,40). The van der Waals surface area contributed by atoms with Crippen LogP contribution in [0.15, 0.2) is 103 Å². The Kier molecular flexibility index (Phi) is 10.3. The van der Waals surface area contributed by atoms with Crippen LogP contribution >= 0.6 is 0 Å². The van der Waals surface area contributed by atoms with Crippen LogP contribution in [0.2, 0.25) is 0 Å². The smallest absolute Gasteiger partial charge is 0.429 e. The number of ether oxygens (including phenoxy) is 1. The first-order valence-corrected chi connectivity index (χ1v) is 14.3. The van der Waals surface area contributed by atoms with Gasteiger partial charge in [0.25, 0.3) is 0 Å². The van der Waals surface area contributed by atoms with E-state index in [0.717, 1.165) is 41.8 Å². The number of pyridine rings is 1. The second kappa shape index (κ2) is 14.9. The van der Waals surface area contributed by atoms with Crippen LogP contribution in [0.1, 0.15) is 30.4 Å². The fraction of sp³-hybridized carbons (Fsp3) is 0.235. The lowest BCUT2D eigenvalue weighted by atomic mass is 10.0. The minimum atomic E-state index is -0.489. The van der Waals surface area contributed by atoms with Gasteiger partial charge in [-0.15, -0.1) is 0 Å². The highest BCUT2D eigenvalue weighted by Crippen LogP contribution is 2.33. The van der Waals surface area contributed by atoms with Gasteiger partial charge in [-0.05, 0) is 66.3 Å². The number of hydrogen-bond acceptors (Lipinski definition) is 6. The van der Waals surface area contributed by atoms with E-state index in [1.807, 2.05) is 96.0 Å². The molecule has 4 aromatic rings. The number of aromatic nitrogens is 1. The third kappa shape index (κ3) is 8.02. The van der Waals surface area contributed by atoms with Crippen molar-refractivity contribution >= 4 is 23.4 Å². The Morgan fingerprint density at radius 1 is 0.810 bits per heavy atom. The van der Waals surface area contributed by atoms with Crippen molar-refractivity contribution in [3.63, 3.8) is 0 Å². The summed E-state index contributed by atoms with van der Waals surface area (Å²) in [5.74, 6) is -0.213. The van der Waals surface area contributed by atoms with Crippen molar-refractivity contribution in [2.24, 2.45) is 0 Å². The largest absolute Gasteiger partial charge is 0.448 e. The molecule has 2 heterocycles. The van der Waals surface area contributed by atoms with Crippen LogP contribution in [0.3, 0.4) is 0 Å². The average Bonchev–Trinajstić information content (AvgIpc) is 3.04. The highest BCUT2D eigenvalue weighted by molar-refractivity contribution is 5.94. The normalized spacial score (nSPS) is 13.3. The van der Waals surface area contributed by atoms with Gasteiger partial charge in [-0.2, -0.15) is 0 Å². The highest BCUT2D eigenvalue weighted by Gasteiger charge is 2.28. The number of rotatable bonds is 11. The molecule has 1 aliphatic heterocycles. The number of hydrazine groups is 1. The molecule has 1 fully saturated rings. The van der Waals surface area contributed by atoms with Crippen LogP contribution in [-0.2, 0) is 22.6 Å². The molecule has 2 N–H and O–H groups in total. The second-order valence-electron chi connectivity index (χ2n) is 10.1. The van der Waals surface area contributed by atoms with Gasteiger partial charge in [-0.25, -0.2) is 14.8 Å². The maximum Gasteiger partial charge on any atom is 0.429 e. The lowest BCUT2D eigenvalue weighted by Gasteiger charge is -2.37. The lowest BCUT2D eigenvalue weighted by Crippen LogP contribution is -2.49. The van der Waals surface area contributed by atoms with Crippen molar-refractivity contribution in [3.8, 4) is 11.1 Å². The van der Waals surface area contributed by atoms with Crippen LogP contribution in [-0.4, -0.2) is 41.7 Å². The highest BCUT2D eigenvalue weighted by atomic mass is 16.6. The summed E-state index contributed by atoms with van der Waals surface area (Å²) in [5.41, 5.74) is 5.71. The molecule has 0 saturated carbocycles. The van der Waals surface area contributed by atoms with Crippen LogP contribution in [0.25, 0.3) is 11.1 Å². The van der Waals surface area contributed by atoms with Gasteiger partial charge >= 0.3 is 6.09 Å². The average molecular weight is 563 g/mol. The van der Waals surface area contributed by atoms with Gasteiger partial charge in [0.2, 0.25) is 5.91 Å². The number of nitrogens with one attached hydrogen (secondary N) is 2. The molecule has 0 aliphatic carbocycles. The molecule has 1 saturated heterocycles. The van der Waals surface area contributed by atoms with E-state index in [2.05, 4.69) is 22.0 Å². The Morgan fingerprint density at radius 2 is 1.48 bits per heavy atom. The second-order valence-corrected chi connectivity index (χ2v) is 10.1. The summed E-state index contributed by atoms with van der Waals surface area (Å²) in [5, 5.41) is 9.95. The van der Waals surface area contributed by atoms with Gasteiger partial charge in [-0.3, -0.25) is 9.78 Å². The molecule has 0 unspecified atom stereocenters. The van der Waals surface area contributed by atoms with Crippen molar-refractivity contribution in [1.29, 1.82) is 0 Å². The zero-order valence-electron chi connectivity index (χ0n) is 23.6. The topological polar surface area (TPSA) is 86.8 Å². The molecule has 5 rings (SSSR count). The molecular formula is C34H36N5O3. The minimum Gasteiger partial charge on any atom is -0.448 e. The van der Waals surface area contributed by atoms with Crippen molar-refractivity contribution in [2.75, 3.05) is 30.0 Å². The third-order valence-electron chi connectivity index (χ3n) is 7.06. The quantitative estimate of drug-likeness (QED) is 0.226. The molecule has 0 spiro atoms. The van der Waals surface area contributed by atoms with E-state index in [1.54, 1.807) is 17.4 Å². The monoisotopic (exact) mass is 562 g/mol. The van der Waals surface area contributed by atoms with E-state index in [4.69, 9.17) is 4.74 Å². The summed E-state index contributed by atoms with van der Waals surface area (Å²) < 4.78 is 5.67. The first kappa shape index (κ1) is 29.0. The molecule has 1 aliphatic rings. The van der Waals surface area contributed by atoms with Gasteiger partial charge in [-0.1, -0.05) is 60.7 Å². The number of hydrogen-bond donors (Lipinski definition) is 2. The van der Waals surface area contributed by atoms with Crippen molar-refractivity contribution in [2.45, 2.75) is 32.4 Å². The number of para-hydroxylation sites is 1. The predicted molar refractivity (Wildman–Crippen MR) is 165 cm³/mol. The fourth-order valence-electron chi connectivity index (χ4n) is 4.90. The summed E-state index contributed by atoms with van der Waals surface area (Å²) in [6.07, 6.45) is 7.14.